The van der Waals surface area contributed by atoms with Gasteiger partial charge in [-0.3, -0.25) is 10.1 Å². The van der Waals surface area contributed by atoms with E-state index in [9.17, 15) is 4.79 Å². The van der Waals surface area contributed by atoms with Crippen molar-refractivity contribution in [3.05, 3.63) is 66.2 Å². The van der Waals surface area contributed by atoms with Gasteiger partial charge in [0.25, 0.3) is 5.91 Å². The lowest BCUT2D eigenvalue weighted by atomic mass is 10.2. The van der Waals surface area contributed by atoms with Gasteiger partial charge in [0, 0.05) is 22.9 Å². The molecule has 0 bridgehead atoms. The van der Waals surface area contributed by atoms with Gasteiger partial charge in [0.05, 0.1) is 21.3 Å². The Morgan fingerprint density at radius 1 is 0.939 bits per heavy atom. The minimum Gasteiger partial charge on any atom is -0.497 e. The summed E-state index contributed by atoms with van der Waals surface area (Å²) in [7, 11) is 4.64. The van der Waals surface area contributed by atoms with Crippen molar-refractivity contribution in [1.29, 1.82) is 0 Å². The molecule has 0 aliphatic carbocycles. The topological polar surface area (TPSA) is 94.9 Å². The molecule has 0 saturated heterocycles. The van der Waals surface area contributed by atoms with Crippen molar-refractivity contribution in [1.82, 2.24) is 10.3 Å². The van der Waals surface area contributed by atoms with Crippen LogP contribution < -0.4 is 24.8 Å². The zero-order valence-electron chi connectivity index (χ0n) is 18.2. The summed E-state index contributed by atoms with van der Waals surface area (Å²) >= 11 is 5.31. The van der Waals surface area contributed by atoms with Crippen LogP contribution in [0.5, 0.6) is 17.2 Å². The second-order valence-electron chi connectivity index (χ2n) is 6.91. The Balaban J connectivity index is 1.47. The molecule has 0 aliphatic heterocycles. The summed E-state index contributed by atoms with van der Waals surface area (Å²) in [5.74, 6) is 1.77. The lowest BCUT2D eigenvalue weighted by molar-refractivity contribution is 0.0977. The summed E-state index contributed by atoms with van der Waals surface area (Å²) in [4.78, 5) is 17.1. The van der Waals surface area contributed by atoms with Gasteiger partial charge in [0.2, 0.25) is 5.89 Å². The maximum atomic E-state index is 12.6. The fourth-order valence-electron chi connectivity index (χ4n) is 3.20. The molecule has 168 valence electrons. The predicted molar refractivity (Wildman–Crippen MR) is 129 cm³/mol. The van der Waals surface area contributed by atoms with Gasteiger partial charge >= 0.3 is 0 Å². The van der Waals surface area contributed by atoms with Crippen LogP contribution in [0.1, 0.15) is 10.4 Å². The van der Waals surface area contributed by atoms with E-state index >= 15 is 0 Å². The third-order valence-electron chi connectivity index (χ3n) is 4.83. The first-order chi connectivity index (χ1) is 16.0. The lowest BCUT2D eigenvalue weighted by Crippen LogP contribution is -2.34. The van der Waals surface area contributed by atoms with Crippen molar-refractivity contribution in [2.24, 2.45) is 0 Å². The number of thiocarbonyl (C=S) groups is 1. The molecule has 3 aromatic carbocycles. The molecule has 0 radical (unpaired) electrons. The first-order valence-corrected chi connectivity index (χ1v) is 10.3. The maximum Gasteiger partial charge on any atom is 0.257 e. The minimum absolute atomic E-state index is 0.147. The van der Waals surface area contributed by atoms with Gasteiger partial charge in [-0.25, -0.2) is 4.98 Å². The first kappa shape index (κ1) is 22.1. The number of benzene rings is 3. The Hall–Kier alpha value is -4.11. The van der Waals surface area contributed by atoms with E-state index in [4.69, 9.17) is 30.8 Å². The highest BCUT2D eigenvalue weighted by molar-refractivity contribution is 7.80. The number of rotatable bonds is 6. The van der Waals surface area contributed by atoms with Crippen molar-refractivity contribution in [2.75, 3.05) is 26.6 Å². The Kier molecular flexibility index (Phi) is 6.41. The Labute approximate surface area is 195 Å². The van der Waals surface area contributed by atoms with E-state index in [1.807, 2.05) is 42.5 Å². The fourth-order valence-corrected chi connectivity index (χ4v) is 3.41. The highest BCUT2D eigenvalue weighted by Crippen LogP contribution is 2.29. The van der Waals surface area contributed by atoms with Gasteiger partial charge in [-0.15, -0.1) is 0 Å². The van der Waals surface area contributed by atoms with Crippen LogP contribution in [0.3, 0.4) is 0 Å². The number of oxazole rings is 1. The first-order valence-electron chi connectivity index (χ1n) is 9.90. The zero-order valence-corrected chi connectivity index (χ0v) is 19.0. The van der Waals surface area contributed by atoms with Crippen LogP contribution >= 0.6 is 12.2 Å². The highest BCUT2D eigenvalue weighted by atomic mass is 32.1. The SMILES string of the molecule is COc1ccc2oc(-c3cccc(NC(=S)NC(=O)c4ccc(OC)c(OC)c4)c3)nc2c1. The second kappa shape index (κ2) is 9.58. The molecule has 33 heavy (non-hydrogen) atoms. The molecular formula is C24H21N3O5S. The molecule has 0 unspecified atom stereocenters. The largest absolute Gasteiger partial charge is 0.497 e. The Morgan fingerprint density at radius 3 is 2.52 bits per heavy atom. The molecule has 0 fully saturated rings. The van der Waals surface area contributed by atoms with Gasteiger partial charge in [0.1, 0.15) is 11.3 Å². The number of ether oxygens (including phenoxy) is 3. The van der Waals surface area contributed by atoms with Crippen LogP contribution in [-0.2, 0) is 0 Å². The number of carbonyl (C=O) groups is 1. The van der Waals surface area contributed by atoms with Crippen molar-refractivity contribution in [3.8, 4) is 28.7 Å². The maximum absolute atomic E-state index is 12.6. The molecule has 0 atom stereocenters. The predicted octanol–water partition coefficient (Wildman–Crippen LogP) is 4.65. The normalized spacial score (nSPS) is 10.5. The molecule has 0 spiro atoms. The van der Waals surface area contributed by atoms with Crippen molar-refractivity contribution in [2.45, 2.75) is 0 Å². The molecule has 1 heterocycles. The van der Waals surface area contributed by atoms with Gasteiger partial charge in [-0.2, -0.15) is 0 Å². The molecule has 1 aromatic heterocycles. The summed E-state index contributed by atoms with van der Waals surface area (Å²) in [6.45, 7) is 0. The molecule has 0 saturated carbocycles. The summed E-state index contributed by atoms with van der Waals surface area (Å²) in [5, 5.41) is 5.82. The smallest absolute Gasteiger partial charge is 0.257 e. The monoisotopic (exact) mass is 463 g/mol. The van der Waals surface area contributed by atoms with E-state index in [1.165, 1.54) is 14.2 Å². The molecule has 2 N–H and O–H groups in total. The molecule has 9 heteroatoms. The second-order valence-corrected chi connectivity index (χ2v) is 7.32. The number of hydrogen-bond acceptors (Lipinski definition) is 7. The lowest BCUT2D eigenvalue weighted by Gasteiger charge is -2.12. The van der Waals surface area contributed by atoms with Crippen LogP contribution in [0.25, 0.3) is 22.6 Å². The van der Waals surface area contributed by atoms with Crippen LogP contribution in [0.15, 0.2) is 65.1 Å². The van der Waals surface area contributed by atoms with Gasteiger partial charge in [0.15, 0.2) is 22.2 Å². The van der Waals surface area contributed by atoms with E-state index in [-0.39, 0.29) is 11.0 Å². The van der Waals surface area contributed by atoms with Crippen molar-refractivity contribution < 1.29 is 23.4 Å². The van der Waals surface area contributed by atoms with E-state index in [1.54, 1.807) is 25.3 Å². The highest BCUT2D eigenvalue weighted by Gasteiger charge is 2.13. The number of anilines is 1. The quantitative estimate of drug-likeness (QED) is 0.399. The third-order valence-corrected chi connectivity index (χ3v) is 5.04. The molecule has 1 amide bonds. The summed E-state index contributed by atoms with van der Waals surface area (Å²) in [5.41, 5.74) is 3.16. The summed E-state index contributed by atoms with van der Waals surface area (Å²) < 4.78 is 21.5. The molecule has 4 aromatic rings. The Morgan fingerprint density at radius 2 is 1.76 bits per heavy atom. The van der Waals surface area contributed by atoms with Crippen molar-refractivity contribution >= 4 is 40.0 Å². The average molecular weight is 464 g/mol. The number of hydrogen-bond donors (Lipinski definition) is 2. The molecule has 0 aliphatic rings. The van der Waals surface area contributed by atoms with Gasteiger partial charge in [-0.05, 0) is 60.7 Å². The summed E-state index contributed by atoms with van der Waals surface area (Å²) in [6, 6.07) is 17.7. The van der Waals surface area contributed by atoms with Crippen LogP contribution in [0, 0.1) is 0 Å². The number of amides is 1. The number of methoxy groups -OCH3 is 3. The molecular weight excluding hydrogens is 442 g/mol. The van der Waals surface area contributed by atoms with Gasteiger partial charge in [-0.1, -0.05) is 6.07 Å². The van der Waals surface area contributed by atoms with Crippen LogP contribution in [0.2, 0.25) is 0 Å². The van der Waals surface area contributed by atoms with E-state index in [2.05, 4.69) is 15.6 Å². The molecule has 8 nitrogen and oxygen atoms in total. The van der Waals surface area contributed by atoms with E-state index < -0.39 is 0 Å². The zero-order chi connectivity index (χ0) is 23.4. The molecule has 4 rings (SSSR count). The van der Waals surface area contributed by atoms with Gasteiger partial charge < -0.3 is 23.9 Å². The van der Waals surface area contributed by atoms with E-state index in [0.717, 1.165) is 5.56 Å². The number of nitrogens with one attached hydrogen (secondary N) is 2. The van der Waals surface area contributed by atoms with Crippen LogP contribution in [-0.4, -0.2) is 37.3 Å². The number of fused-ring (bicyclic) bond motifs is 1. The third kappa shape index (κ3) is 4.88. The van der Waals surface area contributed by atoms with Crippen LogP contribution in [0.4, 0.5) is 5.69 Å². The van der Waals surface area contributed by atoms with Crippen molar-refractivity contribution in [3.63, 3.8) is 0 Å². The minimum atomic E-state index is -0.377. The standard InChI is InChI=1S/C24H21N3O5S/c1-29-17-8-10-19-18(13-17)26-23(32-19)15-5-4-6-16(11-15)25-24(33)27-22(28)14-7-9-20(30-2)21(12-14)31-3/h4-13H,1-3H3,(H2,25,27,28,33). The number of nitrogens with zero attached hydrogens (tertiary/aromatic N) is 1. The summed E-state index contributed by atoms with van der Waals surface area (Å²) in [6.07, 6.45) is 0. The Bertz CT molecular complexity index is 1330. The number of carbonyl (C=O) groups excluding carboxylic acids is 1. The van der Waals surface area contributed by atoms with E-state index in [0.29, 0.717) is 45.5 Å². The fraction of sp³-hybridized carbons (Fsp3) is 0.125. The average Bonchev–Trinajstić information content (AvgIpc) is 3.27. The number of aromatic nitrogens is 1.